The summed E-state index contributed by atoms with van der Waals surface area (Å²) in [5, 5.41) is 18.1. The van der Waals surface area contributed by atoms with Crippen molar-refractivity contribution in [2.75, 3.05) is 44.6 Å². The number of carboxylic acid groups (broad SMARTS) is 1. The summed E-state index contributed by atoms with van der Waals surface area (Å²) in [4.78, 5) is 36.0. The highest BCUT2D eigenvalue weighted by molar-refractivity contribution is 6.98. The molecule has 2 heterocycles. The smallest absolute Gasteiger partial charge is 0.251 e. The molecule has 12 heteroatoms. The molecule has 260 valence electrons. The minimum atomic E-state index is -2.23. The average molecular weight is 700 g/mol. The maximum atomic E-state index is 13.4. The van der Waals surface area contributed by atoms with Crippen LogP contribution in [0.4, 0.5) is 17.5 Å². The van der Waals surface area contributed by atoms with E-state index in [0.29, 0.717) is 5.56 Å². The van der Waals surface area contributed by atoms with Crippen molar-refractivity contribution in [2.45, 2.75) is 26.2 Å². The molecule has 0 saturated heterocycles. The lowest BCUT2D eigenvalue weighted by atomic mass is 9.86. The summed E-state index contributed by atoms with van der Waals surface area (Å²) in [5.41, 5.74) is 18.7. The fraction of sp³-hybridized carbons (Fsp3) is 0.205. The lowest BCUT2D eigenvalue weighted by Crippen LogP contribution is -2.50. The van der Waals surface area contributed by atoms with E-state index >= 15 is 0 Å². The number of benzene rings is 3. The molecule has 1 aliphatic carbocycles. The molecule has 3 aromatic carbocycles. The van der Waals surface area contributed by atoms with E-state index in [1.807, 2.05) is 52.5 Å². The Labute approximate surface area is 298 Å². The number of nitrogens with zero attached hydrogens (tertiary/aromatic N) is 4. The summed E-state index contributed by atoms with van der Waals surface area (Å²) < 4.78 is 7.75. The van der Waals surface area contributed by atoms with Crippen LogP contribution in [0.3, 0.4) is 0 Å². The number of hydrogen-bond acceptors (Lipinski definition) is 9. The van der Waals surface area contributed by atoms with Crippen molar-refractivity contribution in [3.63, 3.8) is 0 Å². The Bertz CT molecular complexity index is 2180. The maximum Gasteiger partial charge on any atom is 0.251 e. The normalized spacial score (nSPS) is 14.3. The van der Waals surface area contributed by atoms with Gasteiger partial charge in [0.2, 0.25) is 11.8 Å². The standard InChI is InChI=1S/C39H41N7O4Si/c1-45(2)26-12-15-29-32(18-26)51(5,6)33-19-27(46(3)4)13-16-30(33)36(29)28-14-11-25(17-31(28)38(48)49)37(47)42-21-23-7-9-24(10-8-23)22-50-35-20-34(40)43-39(41)44-35/h7-20H,21-22H2,1-6H3,(H5-,40,41,42,43,44,47,48,49). The second kappa shape index (κ2) is 13.7. The van der Waals surface area contributed by atoms with Gasteiger partial charge in [0.1, 0.15) is 34.6 Å². The molecule has 0 fully saturated rings. The van der Waals surface area contributed by atoms with Gasteiger partial charge in [-0.05, 0) is 74.1 Å². The number of amides is 1. The Kier molecular flexibility index (Phi) is 9.37. The van der Waals surface area contributed by atoms with Crippen LogP contribution in [0, 0.1) is 0 Å². The highest BCUT2D eigenvalue weighted by atomic mass is 28.3. The van der Waals surface area contributed by atoms with Gasteiger partial charge in [-0.3, -0.25) is 4.79 Å². The van der Waals surface area contributed by atoms with Crippen molar-refractivity contribution in [1.82, 2.24) is 15.3 Å². The van der Waals surface area contributed by atoms with Crippen molar-refractivity contribution < 1.29 is 24.0 Å². The summed E-state index contributed by atoms with van der Waals surface area (Å²) >= 11 is 0. The molecule has 1 aliphatic heterocycles. The van der Waals surface area contributed by atoms with Gasteiger partial charge in [-0.15, -0.1) is 0 Å². The molecule has 0 unspecified atom stereocenters. The van der Waals surface area contributed by atoms with Gasteiger partial charge in [0.25, 0.3) is 5.91 Å². The molecular weight excluding hydrogens is 659 g/mol. The summed E-state index contributed by atoms with van der Waals surface area (Å²) in [6.45, 7) is 5.15. The number of nitrogen functional groups attached to an aromatic ring is 2. The SMILES string of the molecule is CN(C)c1ccc2c(c1)[Si](C)(C)C1=CC(=[N+](C)C)C=CC1=C2c1ccc(C(=O)NCc2ccc(COc3cc(N)nc(N)n3)cc2)cc1C(=O)[O-]. The third-order valence-electron chi connectivity index (χ3n) is 9.30. The minimum Gasteiger partial charge on any atom is -0.545 e. The van der Waals surface area contributed by atoms with Crippen molar-refractivity contribution in [3.8, 4) is 5.88 Å². The number of fused-ring (bicyclic) bond motifs is 2. The van der Waals surface area contributed by atoms with Crippen LogP contribution in [-0.4, -0.2) is 68.4 Å². The molecule has 2 aliphatic rings. The molecule has 6 rings (SSSR count). The van der Waals surface area contributed by atoms with E-state index < -0.39 is 20.0 Å². The quantitative estimate of drug-likeness (QED) is 0.176. The zero-order valence-electron chi connectivity index (χ0n) is 29.6. The molecule has 5 N–H and O–H groups in total. The molecule has 0 atom stereocenters. The Balaban J connectivity index is 1.28. The first-order valence-electron chi connectivity index (χ1n) is 16.5. The van der Waals surface area contributed by atoms with Gasteiger partial charge >= 0.3 is 0 Å². The first-order chi connectivity index (χ1) is 24.2. The number of hydrogen-bond donors (Lipinski definition) is 3. The van der Waals surface area contributed by atoms with Gasteiger partial charge in [-0.25, -0.2) is 4.58 Å². The van der Waals surface area contributed by atoms with Crippen LogP contribution in [0.15, 0.2) is 95.7 Å². The van der Waals surface area contributed by atoms with Gasteiger partial charge in [-0.2, -0.15) is 9.97 Å². The zero-order chi connectivity index (χ0) is 36.6. The second-order valence-corrected chi connectivity index (χ2v) is 17.9. The van der Waals surface area contributed by atoms with Crippen LogP contribution < -0.4 is 36.7 Å². The number of nitrogens with one attached hydrogen (secondary N) is 1. The summed E-state index contributed by atoms with van der Waals surface area (Å²) in [6, 6.07) is 20.2. The highest BCUT2D eigenvalue weighted by Crippen LogP contribution is 2.42. The number of allylic oxidation sites excluding steroid dienone is 5. The number of aromatic nitrogens is 2. The van der Waals surface area contributed by atoms with Crippen molar-refractivity contribution >= 4 is 53.9 Å². The third kappa shape index (κ3) is 7.04. The molecule has 0 saturated carbocycles. The van der Waals surface area contributed by atoms with Gasteiger partial charge in [0.15, 0.2) is 5.71 Å². The van der Waals surface area contributed by atoms with Crippen molar-refractivity contribution in [2.24, 2.45) is 0 Å². The molecule has 1 amide bonds. The van der Waals surface area contributed by atoms with Crippen molar-refractivity contribution in [3.05, 3.63) is 129 Å². The lowest BCUT2D eigenvalue weighted by Gasteiger charge is -2.38. The molecule has 0 bridgehead atoms. The Morgan fingerprint density at radius 1 is 0.922 bits per heavy atom. The van der Waals surface area contributed by atoms with Crippen LogP contribution in [-0.2, 0) is 13.2 Å². The molecular formula is C39H41N7O4Si. The van der Waals surface area contributed by atoms with Crippen LogP contribution in [0.5, 0.6) is 5.88 Å². The third-order valence-corrected chi connectivity index (χ3v) is 12.8. The summed E-state index contributed by atoms with van der Waals surface area (Å²) in [7, 11) is 5.83. The van der Waals surface area contributed by atoms with Crippen LogP contribution in [0.2, 0.25) is 13.1 Å². The van der Waals surface area contributed by atoms with Gasteiger partial charge in [0, 0.05) is 55.7 Å². The number of ether oxygens (including phenoxy) is 1. The van der Waals surface area contributed by atoms with Gasteiger partial charge < -0.3 is 36.3 Å². The van der Waals surface area contributed by atoms with Crippen molar-refractivity contribution in [1.29, 1.82) is 0 Å². The van der Waals surface area contributed by atoms with E-state index in [1.54, 1.807) is 12.1 Å². The monoisotopic (exact) mass is 699 g/mol. The highest BCUT2D eigenvalue weighted by Gasteiger charge is 2.41. The Morgan fingerprint density at radius 2 is 1.63 bits per heavy atom. The summed E-state index contributed by atoms with van der Waals surface area (Å²) in [6.07, 6.45) is 6.39. The lowest BCUT2D eigenvalue weighted by molar-refractivity contribution is -0.462. The number of rotatable bonds is 9. The molecule has 4 aromatic rings. The molecule has 0 radical (unpaired) electrons. The van der Waals surface area contributed by atoms with E-state index in [2.05, 4.69) is 74.3 Å². The van der Waals surface area contributed by atoms with E-state index in [-0.39, 0.29) is 41.9 Å². The molecule has 51 heavy (non-hydrogen) atoms. The first kappa shape index (κ1) is 34.8. The predicted octanol–water partition coefficient (Wildman–Crippen LogP) is 3.06. The van der Waals surface area contributed by atoms with E-state index in [9.17, 15) is 14.7 Å². The fourth-order valence-electron chi connectivity index (χ4n) is 6.47. The van der Waals surface area contributed by atoms with Crippen LogP contribution in [0.25, 0.3) is 5.57 Å². The first-order valence-corrected chi connectivity index (χ1v) is 19.5. The molecule has 11 nitrogen and oxygen atoms in total. The van der Waals surface area contributed by atoms with Gasteiger partial charge in [0.05, 0.1) is 5.97 Å². The van der Waals surface area contributed by atoms with E-state index in [0.717, 1.165) is 39.2 Å². The number of anilines is 3. The second-order valence-electron chi connectivity index (χ2n) is 13.6. The Hall–Kier alpha value is -6.01. The number of nitrogens with two attached hydrogens (primary N) is 2. The molecule has 1 aromatic heterocycles. The van der Waals surface area contributed by atoms with Crippen LogP contribution >= 0.6 is 0 Å². The van der Waals surface area contributed by atoms with E-state index in [1.165, 1.54) is 22.5 Å². The predicted molar refractivity (Wildman–Crippen MR) is 202 cm³/mol. The largest absolute Gasteiger partial charge is 0.545 e. The molecule has 0 spiro atoms. The topological polar surface area (TPSA) is 163 Å². The number of aromatic carboxylic acids is 1. The van der Waals surface area contributed by atoms with Gasteiger partial charge in [-0.1, -0.05) is 49.5 Å². The Morgan fingerprint density at radius 3 is 2.29 bits per heavy atom. The fourth-order valence-corrected chi connectivity index (χ4v) is 9.54. The summed E-state index contributed by atoms with van der Waals surface area (Å²) in [5.74, 6) is -1.22. The minimum absolute atomic E-state index is 0.0313. The van der Waals surface area contributed by atoms with E-state index in [4.69, 9.17) is 16.2 Å². The number of carbonyl (C=O) groups is 2. The zero-order valence-corrected chi connectivity index (χ0v) is 30.6. The average Bonchev–Trinajstić information content (AvgIpc) is 3.09. The number of carboxylic acids is 1. The number of carbonyl (C=O) groups excluding carboxylic acids is 2. The van der Waals surface area contributed by atoms with Crippen LogP contribution in [0.1, 0.15) is 43.0 Å². The maximum absolute atomic E-state index is 13.4.